The van der Waals surface area contributed by atoms with Crippen molar-refractivity contribution in [2.75, 3.05) is 20.8 Å². The lowest BCUT2D eigenvalue weighted by molar-refractivity contribution is -0.128. The number of methoxy groups -OCH3 is 2. The number of nitrogens with zero attached hydrogens (tertiary/aromatic N) is 1. The van der Waals surface area contributed by atoms with Crippen LogP contribution in [0.4, 0.5) is 0 Å². The largest absolute Gasteiger partial charge is 0.497 e. The highest BCUT2D eigenvalue weighted by Crippen LogP contribution is 2.27. The molecule has 2 aromatic carbocycles. The first-order valence-corrected chi connectivity index (χ1v) is 9.52. The van der Waals surface area contributed by atoms with Gasteiger partial charge >= 0.3 is 0 Å². The molecular formula is C22H27N3O5. The molecule has 8 heteroatoms. The van der Waals surface area contributed by atoms with Gasteiger partial charge in [0.2, 0.25) is 5.91 Å². The molecule has 2 aromatic rings. The summed E-state index contributed by atoms with van der Waals surface area (Å²) in [5.41, 5.74) is 3.98. The van der Waals surface area contributed by atoms with Crippen molar-refractivity contribution in [2.24, 2.45) is 5.10 Å². The molecule has 0 bridgehead atoms. The summed E-state index contributed by atoms with van der Waals surface area (Å²) in [6, 6.07) is 11.7. The Morgan fingerprint density at radius 3 is 2.43 bits per heavy atom. The third-order valence-electron chi connectivity index (χ3n) is 4.17. The van der Waals surface area contributed by atoms with Crippen molar-refractivity contribution >= 4 is 18.0 Å². The van der Waals surface area contributed by atoms with E-state index in [0.717, 1.165) is 16.9 Å². The Balaban J connectivity index is 1.86. The number of amides is 2. The van der Waals surface area contributed by atoms with Crippen molar-refractivity contribution in [3.05, 3.63) is 53.6 Å². The van der Waals surface area contributed by atoms with E-state index in [9.17, 15) is 9.59 Å². The van der Waals surface area contributed by atoms with Crippen LogP contribution in [0.3, 0.4) is 0 Å². The zero-order chi connectivity index (χ0) is 21.9. The van der Waals surface area contributed by atoms with Gasteiger partial charge in [0, 0.05) is 0 Å². The number of hydrogen-bond acceptors (Lipinski definition) is 6. The Morgan fingerprint density at radius 1 is 1.07 bits per heavy atom. The SMILES string of the molecule is CCOc1cc(C=NNC(=O)C(C)NC(=O)Cc2ccc(OC)cc2)ccc1OC. The van der Waals surface area contributed by atoms with Gasteiger partial charge in [-0.05, 0) is 55.3 Å². The molecular weight excluding hydrogens is 386 g/mol. The number of carbonyl (C=O) groups is 2. The molecule has 160 valence electrons. The summed E-state index contributed by atoms with van der Waals surface area (Å²) in [5, 5.41) is 6.60. The van der Waals surface area contributed by atoms with Gasteiger partial charge in [-0.3, -0.25) is 9.59 Å². The third-order valence-corrected chi connectivity index (χ3v) is 4.17. The van der Waals surface area contributed by atoms with E-state index in [4.69, 9.17) is 14.2 Å². The van der Waals surface area contributed by atoms with Crippen LogP contribution in [0.1, 0.15) is 25.0 Å². The fourth-order valence-corrected chi connectivity index (χ4v) is 2.60. The minimum Gasteiger partial charge on any atom is -0.497 e. The maximum atomic E-state index is 12.2. The van der Waals surface area contributed by atoms with Gasteiger partial charge in [0.15, 0.2) is 11.5 Å². The quantitative estimate of drug-likeness (QED) is 0.460. The molecule has 2 N–H and O–H groups in total. The monoisotopic (exact) mass is 413 g/mol. The second kappa shape index (κ2) is 11.5. The number of benzene rings is 2. The maximum Gasteiger partial charge on any atom is 0.262 e. The van der Waals surface area contributed by atoms with E-state index in [0.29, 0.717) is 18.1 Å². The molecule has 0 saturated heterocycles. The van der Waals surface area contributed by atoms with Gasteiger partial charge in [-0.25, -0.2) is 5.43 Å². The van der Waals surface area contributed by atoms with E-state index in [1.54, 1.807) is 63.6 Å². The number of hydrogen-bond donors (Lipinski definition) is 2. The van der Waals surface area contributed by atoms with Gasteiger partial charge in [-0.2, -0.15) is 5.10 Å². The van der Waals surface area contributed by atoms with Crippen LogP contribution in [0.15, 0.2) is 47.6 Å². The number of hydrazone groups is 1. The summed E-state index contributed by atoms with van der Waals surface area (Å²) in [5.74, 6) is 1.24. The molecule has 2 amide bonds. The summed E-state index contributed by atoms with van der Waals surface area (Å²) in [6.07, 6.45) is 1.66. The minimum absolute atomic E-state index is 0.164. The highest BCUT2D eigenvalue weighted by Gasteiger charge is 2.15. The van der Waals surface area contributed by atoms with E-state index < -0.39 is 11.9 Å². The topological polar surface area (TPSA) is 98.2 Å². The average molecular weight is 413 g/mol. The first-order chi connectivity index (χ1) is 14.5. The molecule has 0 fully saturated rings. The first-order valence-electron chi connectivity index (χ1n) is 9.52. The van der Waals surface area contributed by atoms with E-state index >= 15 is 0 Å². The summed E-state index contributed by atoms with van der Waals surface area (Å²) in [4.78, 5) is 24.3. The molecule has 0 aliphatic heterocycles. The maximum absolute atomic E-state index is 12.2. The zero-order valence-electron chi connectivity index (χ0n) is 17.6. The van der Waals surface area contributed by atoms with Gasteiger partial charge < -0.3 is 19.5 Å². The van der Waals surface area contributed by atoms with Crippen molar-refractivity contribution < 1.29 is 23.8 Å². The Bertz CT molecular complexity index is 881. The normalized spacial score (nSPS) is 11.6. The van der Waals surface area contributed by atoms with E-state index in [-0.39, 0.29) is 12.3 Å². The summed E-state index contributed by atoms with van der Waals surface area (Å²) >= 11 is 0. The van der Waals surface area contributed by atoms with Crippen LogP contribution in [0.25, 0.3) is 0 Å². The molecule has 0 radical (unpaired) electrons. The van der Waals surface area contributed by atoms with E-state index in [2.05, 4.69) is 15.8 Å². The van der Waals surface area contributed by atoms with Gasteiger partial charge in [-0.15, -0.1) is 0 Å². The van der Waals surface area contributed by atoms with Crippen LogP contribution in [-0.2, 0) is 16.0 Å². The number of ether oxygens (including phenoxy) is 3. The molecule has 1 atom stereocenters. The Kier molecular flexibility index (Phi) is 8.68. The van der Waals surface area contributed by atoms with Gasteiger partial charge in [0.25, 0.3) is 5.91 Å². The second-order valence-corrected chi connectivity index (χ2v) is 6.39. The first kappa shape index (κ1) is 22.7. The lowest BCUT2D eigenvalue weighted by atomic mass is 10.1. The highest BCUT2D eigenvalue weighted by atomic mass is 16.5. The summed E-state index contributed by atoms with van der Waals surface area (Å²) in [7, 11) is 3.15. The van der Waals surface area contributed by atoms with Crippen LogP contribution >= 0.6 is 0 Å². The van der Waals surface area contributed by atoms with E-state index in [1.807, 2.05) is 6.92 Å². The summed E-state index contributed by atoms with van der Waals surface area (Å²) < 4.78 is 15.8. The molecule has 0 aliphatic carbocycles. The second-order valence-electron chi connectivity index (χ2n) is 6.39. The third kappa shape index (κ3) is 6.80. The van der Waals surface area contributed by atoms with Crippen molar-refractivity contribution in [1.29, 1.82) is 0 Å². The molecule has 8 nitrogen and oxygen atoms in total. The smallest absolute Gasteiger partial charge is 0.262 e. The van der Waals surface area contributed by atoms with Crippen molar-refractivity contribution in [3.8, 4) is 17.2 Å². The minimum atomic E-state index is -0.734. The lowest BCUT2D eigenvalue weighted by Crippen LogP contribution is -2.43. The zero-order valence-corrected chi connectivity index (χ0v) is 17.6. The fourth-order valence-electron chi connectivity index (χ4n) is 2.60. The van der Waals surface area contributed by atoms with Crippen molar-refractivity contribution in [2.45, 2.75) is 26.3 Å². The summed E-state index contributed by atoms with van der Waals surface area (Å²) in [6.45, 7) is 3.98. The number of rotatable bonds is 10. The van der Waals surface area contributed by atoms with Gasteiger partial charge in [-0.1, -0.05) is 12.1 Å². The van der Waals surface area contributed by atoms with Crippen molar-refractivity contribution in [3.63, 3.8) is 0 Å². The number of carbonyl (C=O) groups excluding carboxylic acids is 2. The molecule has 0 heterocycles. The Labute approximate surface area is 176 Å². The van der Waals surface area contributed by atoms with Gasteiger partial charge in [0.1, 0.15) is 11.8 Å². The molecule has 30 heavy (non-hydrogen) atoms. The molecule has 0 aliphatic rings. The fraction of sp³-hybridized carbons (Fsp3) is 0.318. The lowest BCUT2D eigenvalue weighted by Gasteiger charge is -2.12. The van der Waals surface area contributed by atoms with Crippen molar-refractivity contribution in [1.82, 2.24) is 10.7 Å². The average Bonchev–Trinajstić information content (AvgIpc) is 2.74. The standard InChI is InChI=1S/C22H27N3O5/c1-5-30-20-12-17(8-11-19(20)29-4)14-23-25-22(27)15(2)24-21(26)13-16-6-9-18(28-3)10-7-16/h6-12,14-15H,5,13H2,1-4H3,(H,24,26)(H,25,27). The molecule has 2 rings (SSSR count). The van der Waals surface area contributed by atoms with Crippen LogP contribution in [0.2, 0.25) is 0 Å². The molecule has 0 spiro atoms. The van der Waals surface area contributed by atoms with Crippen LogP contribution < -0.4 is 25.0 Å². The highest BCUT2D eigenvalue weighted by molar-refractivity contribution is 5.89. The predicted molar refractivity (Wildman–Crippen MR) is 114 cm³/mol. The Morgan fingerprint density at radius 2 is 1.80 bits per heavy atom. The molecule has 0 saturated carbocycles. The number of nitrogens with one attached hydrogen (secondary N) is 2. The molecule has 0 aromatic heterocycles. The van der Waals surface area contributed by atoms with Crippen LogP contribution in [0, 0.1) is 0 Å². The van der Waals surface area contributed by atoms with Crippen LogP contribution in [-0.4, -0.2) is 44.9 Å². The van der Waals surface area contributed by atoms with E-state index in [1.165, 1.54) is 6.21 Å². The molecule has 1 unspecified atom stereocenters. The van der Waals surface area contributed by atoms with Crippen LogP contribution in [0.5, 0.6) is 17.2 Å². The predicted octanol–water partition coefficient (Wildman–Crippen LogP) is 2.30. The van der Waals surface area contributed by atoms with Gasteiger partial charge in [0.05, 0.1) is 33.5 Å². The Hall–Kier alpha value is -3.55.